The van der Waals surface area contributed by atoms with Crippen molar-refractivity contribution in [2.24, 2.45) is 0 Å². The first-order chi connectivity index (χ1) is 5.40. The number of nitrogens with zero attached hydrogens (tertiary/aromatic N) is 2. The van der Waals surface area contributed by atoms with Gasteiger partial charge < -0.3 is 9.51 Å². The monoisotopic (exact) mass is 147 g/mol. The molecule has 0 bridgehead atoms. The first-order valence-electron chi connectivity index (χ1n) is 3.35. The van der Waals surface area contributed by atoms with Crippen LogP contribution in [-0.4, -0.2) is 14.5 Å². The number of hydrogen-bond donors (Lipinski definition) is 1. The Bertz CT molecular complexity index is 334. The lowest BCUT2D eigenvalue weighted by Gasteiger charge is -1.86. The van der Waals surface area contributed by atoms with Gasteiger partial charge in [0.2, 0.25) is 0 Å². The highest BCUT2D eigenvalue weighted by Gasteiger charge is 1.96. The van der Waals surface area contributed by atoms with Crippen molar-refractivity contribution in [1.29, 1.82) is 0 Å². The van der Waals surface area contributed by atoms with E-state index in [1.807, 2.05) is 10.6 Å². The summed E-state index contributed by atoms with van der Waals surface area (Å²) in [4.78, 5) is 4.11. The lowest BCUT2D eigenvalue weighted by molar-refractivity contribution is 0.277. The Morgan fingerprint density at radius 1 is 1.64 bits per heavy atom. The smallest absolute Gasteiger partial charge is 0.137 e. The Morgan fingerprint density at radius 2 is 2.55 bits per heavy atom. The molecule has 2 aromatic rings. The molecule has 0 saturated heterocycles. The molecular formula is C8H7N2O. The van der Waals surface area contributed by atoms with Gasteiger partial charge in [-0.15, -0.1) is 0 Å². The predicted molar refractivity (Wildman–Crippen MR) is 40.0 cm³/mol. The van der Waals surface area contributed by atoms with Crippen molar-refractivity contribution in [2.75, 3.05) is 0 Å². The van der Waals surface area contributed by atoms with Gasteiger partial charge in [-0.1, -0.05) is 0 Å². The molecule has 0 aliphatic heterocycles. The molecule has 0 aliphatic rings. The highest BCUT2D eigenvalue weighted by Crippen LogP contribution is 2.02. The Kier molecular flexibility index (Phi) is 1.36. The molecule has 0 spiro atoms. The molecule has 0 atom stereocenters. The van der Waals surface area contributed by atoms with Crippen LogP contribution in [0.25, 0.3) is 5.65 Å². The van der Waals surface area contributed by atoms with Gasteiger partial charge in [0, 0.05) is 12.4 Å². The van der Waals surface area contributed by atoms with E-state index in [0.717, 1.165) is 5.65 Å². The zero-order valence-electron chi connectivity index (χ0n) is 5.86. The number of fused-ring (bicyclic) bond motifs is 1. The maximum Gasteiger partial charge on any atom is 0.137 e. The maximum absolute atomic E-state index is 8.75. The summed E-state index contributed by atoms with van der Waals surface area (Å²) in [7, 11) is 0. The van der Waals surface area contributed by atoms with Crippen LogP contribution in [0.5, 0.6) is 0 Å². The van der Waals surface area contributed by atoms with E-state index in [1.54, 1.807) is 18.3 Å². The summed E-state index contributed by atoms with van der Waals surface area (Å²) in [6, 6.07) is 6.49. The number of rotatable bonds is 1. The third kappa shape index (κ3) is 0.991. The highest BCUT2D eigenvalue weighted by molar-refractivity contribution is 5.38. The quantitative estimate of drug-likeness (QED) is 0.642. The van der Waals surface area contributed by atoms with Crippen LogP contribution in [-0.2, 0) is 6.61 Å². The molecule has 0 fully saturated rings. The first kappa shape index (κ1) is 6.37. The molecule has 3 nitrogen and oxygen atoms in total. The Balaban J connectivity index is 2.69. The van der Waals surface area contributed by atoms with Gasteiger partial charge in [0.05, 0.1) is 12.3 Å². The second-order valence-electron chi connectivity index (χ2n) is 2.28. The largest absolute Gasteiger partial charge is 0.390 e. The van der Waals surface area contributed by atoms with Gasteiger partial charge in [-0.3, -0.25) is 0 Å². The zero-order chi connectivity index (χ0) is 7.68. The molecule has 3 heteroatoms. The van der Waals surface area contributed by atoms with Crippen LogP contribution in [0.2, 0.25) is 0 Å². The minimum Gasteiger partial charge on any atom is -0.390 e. The van der Waals surface area contributed by atoms with Crippen molar-refractivity contribution in [3.8, 4) is 0 Å². The van der Waals surface area contributed by atoms with E-state index in [2.05, 4.69) is 11.1 Å². The van der Waals surface area contributed by atoms with Crippen molar-refractivity contribution < 1.29 is 5.11 Å². The van der Waals surface area contributed by atoms with Crippen LogP contribution in [0, 0.1) is 6.07 Å². The van der Waals surface area contributed by atoms with E-state index in [4.69, 9.17) is 5.11 Å². The number of hydrogen-bond acceptors (Lipinski definition) is 2. The molecule has 0 saturated carbocycles. The molecule has 2 heterocycles. The fourth-order valence-corrected chi connectivity index (χ4v) is 1.01. The van der Waals surface area contributed by atoms with Gasteiger partial charge >= 0.3 is 0 Å². The minimum atomic E-state index is -0.0122. The number of aromatic nitrogens is 2. The third-order valence-corrected chi connectivity index (χ3v) is 1.52. The molecule has 0 unspecified atom stereocenters. The zero-order valence-corrected chi connectivity index (χ0v) is 5.86. The summed E-state index contributed by atoms with van der Waals surface area (Å²) in [5, 5.41) is 8.75. The third-order valence-electron chi connectivity index (χ3n) is 1.52. The van der Waals surface area contributed by atoms with Crippen molar-refractivity contribution in [3.63, 3.8) is 0 Å². The van der Waals surface area contributed by atoms with Crippen molar-refractivity contribution in [3.05, 3.63) is 36.3 Å². The SMILES string of the molecule is OCc1cn2cc[c]cc2n1. The van der Waals surface area contributed by atoms with Gasteiger partial charge in [0.15, 0.2) is 0 Å². The molecule has 1 radical (unpaired) electrons. The van der Waals surface area contributed by atoms with Gasteiger partial charge in [-0.05, 0) is 18.2 Å². The molecule has 2 aromatic heterocycles. The van der Waals surface area contributed by atoms with Crippen molar-refractivity contribution in [1.82, 2.24) is 9.38 Å². The van der Waals surface area contributed by atoms with Crippen LogP contribution in [0.4, 0.5) is 0 Å². The predicted octanol–water partition coefficient (Wildman–Crippen LogP) is 0.627. The number of pyridine rings is 1. The fourth-order valence-electron chi connectivity index (χ4n) is 1.01. The second kappa shape index (κ2) is 2.36. The van der Waals surface area contributed by atoms with E-state index in [-0.39, 0.29) is 6.61 Å². The summed E-state index contributed by atoms with van der Waals surface area (Å²) in [6.07, 6.45) is 3.64. The summed E-state index contributed by atoms with van der Waals surface area (Å²) < 4.78 is 1.85. The van der Waals surface area contributed by atoms with Gasteiger partial charge in [0.25, 0.3) is 0 Å². The Morgan fingerprint density at radius 3 is 3.27 bits per heavy atom. The van der Waals surface area contributed by atoms with Crippen LogP contribution in [0.15, 0.2) is 24.5 Å². The second-order valence-corrected chi connectivity index (χ2v) is 2.28. The fraction of sp³-hybridized carbons (Fsp3) is 0.125. The summed E-state index contributed by atoms with van der Waals surface area (Å²) in [5.41, 5.74) is 1.50. The summed E-state index contributed by atoms with van der Waals surface area (Å²) >= 11 is 0. The first-order valence-corrected chi connectivity index (χ1v) is 3.35. The normalized spacial score (nSPS) is 10.6. The summed E-state index contributed by atoms with van der Waals surface area (Å²) in [5.74, 6) is 0. The number of aliphatic hydroxyl groups is 1. The summed E-state index contributed by atoms with van der Waals surface area (Å²) in [6.45, 7) is -0.0122. The molecule has 2 rings (SSSR count). The Hall–Kier alpha value is -1.35. The molecule has 0 aromatic carbocycles. The molecular weight excluding hydrogens is 140 g/mol. The van der Waals surface area contributed by atoms with E-state index < -0.39 is 0 Å². The van der Waals surface area contributed by atoms with E-state index in [0.29, 0.717) is 5.69 Å². The molecule has 1 N–H and O–H groups in total. The maximum atomic E-state index is 8.75. The van der Waals surface area contributed by atoms with E-state index >= 15 is 0 Å². The van der Waals surface area contributed by atoms with E-state index in [1.165, 1.54) is 0 Å². The van der Waals surface area contributed by atoms with Crippen LogP contribution < -0.4 is 0 Å². The van der Waals surface area contributed by atoms with Crippen LogP contribution in [0.3, 0.4) is 0 Å². The average Bonchev–Trinajstić information content (AvgIpc) is 2.46. The molecule has 11 heavy (non-hydrogen) atoms. The Labute approximate surface area is 63.9 Å². The molecule has 55 valence electrons. The van der Waals surface area contributed by atoms with Gasteiger partial charge in [-0.2, -0.15) is 0 Å². The average molecular weight is 147 g/mol. The lowest BCUT2D eigenvalue weighted by atomic mass is 10.5. The number of imidazole rings is 1. The molecule has 0 aliphatic carbocycles. The van der Waals surface area contributed by atoms with Crippen molar-refractivity contribution >= 4 is 5.65 Å². The molecule has 0 amide bonds. The lowest BCUT2D eigenvalue weighted by Crippen LogP contribution is -1.78. The number of aliphatic hydroxyl groups excluding tert-OH is 1. The van der Waals surface area contributed by atoms with Crippen LogP contribution >= 0.6 is 0 Å². The standard InChI is InChI=1S/C8H7N2O/c11-6-7-5-10-4-2-1-3-8(10)9-7/h2-5,11H,6H2. The van der Waals surface area contributed by atoms with Crippen molar-refractivity contribution in [2.45, 2.75) is 6.61 Å². The highest BCUT2D eigenvalue weighted by atomic mass is 16.3. The van der Waals surface area contributed by atoms with Crippen LogP contribution in [0.1, 0.15) is 5.69 Å². The van der Waals surface area contributed by atoms with Gasteiger partial charge in [0.1, 0.15) is 5.65 Å². The van der Waals surface area contributed by atoms with E-state index in [9.17, 15) is 0 Å². The van der Waals surface area contributed by atoms with Gasteiger partial charge in [-0.25, -0.2) is 4.98 Å². The topological polar surface area (TPSA) is 37.5 Å². The minimum absolute atomic E-state index is 0.0122.